The molecule has 0 aliphatic carbocycles. The Balaban J connectivity index is 0.000000112. The van der Waals surface area contributed by atoms with Gasteiger partial charge in [-0.05, 0) is 247 Å². The Morgan fingerprint density at radius 3 is 1.01 bits per heavy atom. The van der Waals surface area contributed by atoms with Crippen molar-refractivity contribution < 1.29 is 4.42 Å². The third-order valence-corrected chi connectivity index (χ3v) is 28.0. The number of rotatable bonds is 8. The smallest absolute Gasteiger partial charge is 0.187 e. The molecule has 0 aliphatic rings. The summed E-state index contributed by atoms with van der Waals surface area (Å²) in [5, 5.41) is 38.6. The van der Waals surface area contributed by atoms with E-state index in [4.69, 9.17) is 27.5 Å². The molecule has 6 nitrogen and oxygen atoms in total. The maximum absolute atomic E-state index is 9.73. The molecule has 0 aliphatic heterocycles. The van der Waals surface area contributed by atoms with E-state index in [0.29, 0.717) is 28.3 Å². The number of para-hydroxylation sites is 2. The lowest BCUT2D eigenvalue weighted by Crippen LogP contribution is -1.97. The van der Waals surface area contributed by atoms with Gasteiger partial charge in [0.2, 0.25) is 0 Å². The summed E-state index contributed by atoms with van der Waals surface area (Å²) in [6, 6.07) is 150. The first-order chi connectivity index (χ1) is 63.8. The molecule has 0 unspecified atom stereocenters. The van der Waals surface area contributed by atoms with Gasteiger partial charge in [-0.25, -0.2) is 19.7 Å². The molecule has 26 aromatic rings. The molecule has 0 fully saturated rings. The van der Waals surface area contributed by atoms with Gasteiger partial charge in [-0.2, -0.15) is 5.26 Å². The van der Waals surface area contributed by atoms with Crippen LogP contribution in [0.25, 0.3) is 258 Å². The van der Waals surface area contributed by atoms with E-state index in [1.165, 1.54) is 149 Å². The number of hydrogen-bond acceptors (Lipinski definition) is 6. The molecule has 129 heavy (non-hydrogen) atoms. The Bertz CT molecular complexity index is 9240. The van der Waals surface area contributed by atoms with Crippen molar-refractivity contribution in [2.24, 2.45) is 0 Å². The van der Waals surface area contributed by atoms with Crippen LogP contribution in [-0.2, 0) is 0 Å². The second-order valence-electron chi connectivity index (χ2n) is 32.8. The van der Waals surface area contributed by atoms with Crippen LogP contribution in [0.5, 0.6) is 0 Å². The number of fused-ring (bicyclic) bond motifs is 24. The molecule has 0 bridgehead atoms. The van der Waals surface area contributed by atoms with E-state index >= 15 is 0 Å². The van der Waals surface area contributed by atoms with Crippen LogP contribution in [0.2, 0.25) is 0 Å². The van der Waals surface area contributed by atoms with Crippen molar-refractivity contribution in [3.63, 3.8) is 0 Å². The highest BCUT2D eigenvalue weighted by atomic mass is 32.1. The minimum Gasteiger partial charge on any atom is -0.454 e. The lowest BCUT2D eigenvalue weighted by atomic mass is 9.87. The van der Waals surface area contributed by atoms with Crippen molar-refractivity contribution in [3.05, 3.63) is 447 Å². The number of thiophene rings is 2. The van der Waals surface area contributed by atoms with Crippen molar-refractivity contribution >= 4 is 193 Å². The van der Waals surface area contributed by atoms with Crippen LogP contribution in [0.4, 0.5) is 11.4 Å². The summed E-state index contributed by atoms with van der Waals surface area (Å²) in [5.41, 5.74) is 19.9. The predicted octanol–water partition coefficient (Wildman–Crippen LogP) is 35.2. The molecule has 0 atom stereocenters. The number of benzene rings is 22. The van der Waals surface area contributed by atoms with Crippen molar-refractivity contribution in [2.75, 3.05) is 0 Å². The second-order valence-corrected chi connectivity index (χ2v) is 35.0. The van der Waals surface area contributed by atoms with E-state index < -0.39 is 0 Å². The summed E-state index contributed by atoms with van der Waals surface area (Å²) in [6.07, 6.45) is 0. The van der Waals surface area contributed by atoms with E-state index in [1.807, 2.05) is 48.5 Å². The van der Waals surface area contributed by atoms with Crippen LogP contribution < -0.4 is 0 Å². The molecular formula is C121H69N5OS2. The van der Waals surface area contributed by atoms with Gasteiger partial charge >= 0.3 is 0 Å². The minimum atomic E-state index is 0.540. The molecule has 0 spiro atoms. The quantitative estimate of drug-likeness (QED) is 0.112. The van der Waals surface area contributed by atoms with Crippen molar-refractivity contribution in [2.45, 2.75) is 0 Å². The summed E-state index contributed by atoms with van der Waals surface area (Å²) < 4.78 is 11.3. The highest BCUT2D eigenvalue weighted by Crippen LogP contribution is 2.49. The van der Waals surface area contributed by atoms with Crippen LogP contribution in [0, 0.1) is 24.5 Å². The Labute approximate surface area is 749 Å². The zero-order valence-electron chi connectivity index (χ0n) is 69.3. The zero-order valence-corrected chi connectivity index (χ0v) is 70.9. The molecule has 4 aromatic heterocycles. The van der Waals surface area contributed by atoms with Crippen LogP contribution in [0.1, 0.15) is 5.56 Å². The van der Waals surface area contributed by atoms with Crippen LogP contribution in [-0.4, -0.2) is 9.97 Å². The van der Waals surface area contributed by atoms with Gasteiger partial charge in [0, 0.05) is 51.8 Å². The first-order valence-electron chi connectivity index (χ1n) is 43.1. The van der Waals surface area contributed by atoms with E-state index in [2.05, 4.69) is 380 Å². The highest BCUT2D eigenvalue weighted by molar-refractivity contribution is 7.26. The normalized spacial score (nSPS) is 11.5. The first kappa shape index (κ1) is 75.7. The Morgan fingerprint density at radius 1 is 0.225 bits per heavy atom. The average molecular weight is 1670 g/mol. The van der Waals surface area contributed by atoms with Gasteiger partial charge < -0.3 is 4.42 Å². The van der Waals surface area contributed by atoms with Crippen molar-refractivity contribution in [1.29, 1.82) is 5.26 Å². The summed E-state index contributed by atoms with van der Waals surface area (Å²) >= 11 is 3.58. The van der Waals surface area contributed by atoms with Gasteiger partial charge in [0.25, 0.3) is 0 Å². The standard InChI is InChI=1S/C53H31N3O.C37H21NS.C31H17NS/c54-32-37-17-11-23-43-44-24-12-22-38(52(44)57-51(37)43)33-25-27-34(28-26-33)45-29-46-41-20-9-10-21-42(41)48(30-47(46)40-19-8-7-18-39(40)45)53-55-49(35-13-3-1-4-14-35)31-50(56-53)36-15-5-2-6-16-36;1-38-25-16-18-37-35(20-25)34-19-24(15-17-36(34)39-37)31-22-33-28-13-7-5-11-26(28)30(23-9-3-2-4-10-23)21-32(33)29-14-8-6-12-27(29)31;1-32-21-12-15-31-29(17-21)28-16-20(11-14-30(28)33-31)26-18-27-22-7-3-2-6-19(22)10-13-25(27)23-8-4-5-9-24(23)26/h1-31H;2-22H;2-18H. The molecule has 0 N–H and O–H groups in total. The van der Waals surface area contributed by atoms with Crippen LogP contribution in [0.3, 0.4) is 0 Å². The number of furan rings is 1. The monoisotopic (exact) mass is 1670 g/mol. The topological polar surface area (TPSA) is 71.4 Å². The fourth-order valence-electron chi connectivity index (χ4n) is 19.6. The predicted molar refractivity (Wildman–Crippen MR) is 546 cm³/mol. The Hall–Kier alpha value is -17.0. The molecule has 0 amide bonds. The molecular weight excluding hydrogens is 1600 g/mol. The largest absolute Gasteiger partial charge is 0.454 e. The van der Waals surface area contributed by atoms with E-state index in [9.17, 15) is 5.26 Å². The maximum atomic E-state index is 9.73. The van der Waals surface area contributed by atoms with Gasteiger partial charge in [-0.1, -0.05) is 340 Å². The fourth-order valence-corrected chi connectivity index (χ4v) is 21.7. The third-order valence-electron chi connectivity index (χ3n) is 25.7. The SMILES string of the molecule is N#Cc1cccc2c1oc1c(-c3ccc(-c4cc5c6ccccc6c(-c6nc(-c7ccccc7)cc(-c7ccccc7)n6)cc5c5ccccc45)cc3)cccc12.[C-]#[N+]c1ccc2sc3ccc(-c4cc5c6ccccc6c(-c6ccccc6)cc5c5ccccc45)cc3c2c1.[C-]#[N+]c1ccc2sc3ccc(-c4cc5c6ccccc6ccc5c5ccccc45)cc3c2c1. The lowest BCUT2D eigenvalue weighted by Gasteiger charge is -2.16. The average Bonchev–Trinajstić information content (AvgIpc) is 1.56. The molecule has 22 aromatic carbocycles. The Kier molecular flexibility index (Phi) is 18.4. The molecule has 0 radical (unpaired) electrons. The van der Waals surface area contributed by atoms with E-state index in [-0.39, 0.29) is 0 Å². The molecule has 0 saturated carbocycles. The Morgan fingerprint density at radius 2 is 0.550 bits per heavy atom. The van der Waals surface area contributed by atoms with Gasteiger partial charge in [0.05, 0.1) is 30.1 Å². The maximum Gasteiger partial charge on any atom is 0.187 e. The molecule has 596 valence electrons. The number of aromatic nitrogens is 2. The third kappa shape index (κ3) is 13.0. The summed E-state index contributed by atoms with van der Waals surface area (Å²) in [7, 11) is 0. The number of nitrogens with zero attached hydrogens (tertiary/aromatic N) is 5. The van der Waals surface area contributed by atoms with E-state index in [1.54, 1.807) is 28.7 Å². The lowest BCUT2D eigenvalue weighted by molar-refractivity contribution is 0.668. The van der Waals surface area contributed by atoms with Gasteiger partial charge in [-0.3, -0.25) is 0 Å². The number of hydrogen-bond donors (Lipinski definition) is 0. The van der Waals surface area contributed by atoms with Crippen molar-refractivity contribution in [1.82, 2.24) is 9.97 Å². The summed E-state index contributed by atoms with van der Waals surface area (Å²) in [6.45, 7) is 14.9. The van der Waals surface area contributed by atoms with Crippen molar-refractivity contribution in [3.8, 4) is 95.6 Å². The van der Waals surface area contributed by atoms with Crippen LogP contribution in [0.15, 0.2) is 423 Å². The van der Waals surface area contributed by atoms with Gasteiger partial charge in [0.15, 0.2) is 22.8 Å². The fraction of sp³-hybridized carbons (Fsp3) is 0. The second kappa shape index (κ2) is 31.3. The highest BCUT2D eigenvalue weighted by Gasteiger charge is 2.23. The first-order valence-corrected chi connectivity index (χ1v) is 44.7. The van der Waals surface area contributed by atoms with Gasteiger partial charge in [-0.15, -0.1) is 22.7 Å². The molecule has 4 heterocycles. The molecule has 8 heteroatoms. The molecule has 0 saturated heterocycles. The van der Waals surface area contributed by atoms with E-state index in [0.717, 1.165) is 88.2 Å². The van der Waals surface area contributed by atoms with Crippen LogP contribution >= 0.6 is 22.7 Å². The van der Waals surface area contributed by atoms with Gasteiger partial charge in [0.1, 0.15) is 11.7 Å². The summed E-state index contributed by atoms with van der Waals surface area (Å²) in [4.78, 5) is 17.8. The number of nitriles is 1. The zero-order chi connectivity index (χ0) is 85.7. The minimum absolute atomic E-state index is 0.540. The summed E-state index contributed by atoms with van der Waals surface area (Å²) in [5.74, 6) is 0.695. The molecule has 26 rings (SSSR count).